The van der Waals surface area contributed by atoms with Crippen molar-refractivity contribution in [3.8, 4) is 0 Å². The lowest BCUT2D eigenvalue weighted by Crippen LogP contribution is -2.02. The molecular formula is C9H9O2S. The van der Waals surface area contributed by atoms with Gasteiger partial charge in [0.2, 0.25) is 0 Å². The molecule has 1 radical (unpaired) electrons. The minimum absolute atomic E-state index is 0.318. The molecule has 0 N–H and O–H groups in total. The van der Waals surface area contributed by atoms with E-state index >= 15 is 0 Å². The molecule has 1 aromatic rings. The second-order valence-electron chi connectivity index (χ2n) is 2.13. The predicted molar refractivity (Wildman–Crippen MR) is 49.0 cm³/mol. The van der Waals surface area contributed by atoms with E-state index in [9.17, 15) is 4.79 Å². The summed E-state index contributed by atoms with van der Waals surface area (Å²) in [5, 5.41) is 0. The van der Waals surface area contributed by atoms with Gasteiger partial charge < -0.3 is 4.74 Å². The number of hydrogen-bond acceptors (Lipinski definition) is 3. The van der Waals surface area contributed by atoms with Crippen molar-refractivity contribution in [3.05, 3.63) is 36.1 Å². The third-order valence-corrected chi connectivity index (χ3v) is 2.11. The fraction of sp³-hybridized carbons (Fsp3) is 0.111. The van der Waals surface area contributed by atoms with Crippen molar-refractivity contribution in [2.75, 3.05) is 7.11 Å². The van der Waals surface area contributed by atoms with Crippen molar-refractivity contribution < 1.29 is 9.53 Å². The summed E-state index contributed by atoms with van der Waals surface area (Å²) in [6.45, 7) is 0. The average Bonchev–Trinajstić information content (AvgIpc) is 2.16. The molecule has 0 amide bonds. The maximum absolute atomic E-state index is 11.1. The number of methoxy groups -OCH3 is 1. The quantitative estimate of drug-likeness (QED) is 0.517. The van der Waals surface area contributed by atoms with Crippen LogP contribution in [0.1, 0.15) is 10.4 Å². The SMILES string of the molecule is [CH2]Sc1ccccc1C(=O)OC. The molecule has 0 heterocycles. The average molecular weight is 181 g/mol. The van der Waals surface area contributed by atoms with Crippen LogP contribution < -0.4 is 0 Å². The minimum Gasteiger partial charge on any atom is -0.465 e. The fourth-order valence-corrected chi connectivity index (χ4v) is 1.35. The lowest BCUT2D eigenvalue weighted by Gasteiger charge is -2.03. The molecule has 0 aliphatic carbocycles. The van der Waals surface area contributed by atoms with E-state index in [2.05, 4.69) is 11.0 Å². The molecule has 0 saturated carbocycles. The summed E-state index contributed by atoms with van der Waals surface area (Å²) < 4.78 is 4.60. The third-order valence-electron chi connectivity index (χ3n) is 1.45. The van der Waals surface area contributed by atoms with Crippen molar-refractivity contribution >= 4 is 17.7 Å². The van der Waals surface area contributed by atoms with Gasteiger partial charge in [0.25, 0.3) is 0 Å². The second kappa shape index (κ2) is 4.16. The molecule has 0 unspecified atom stereocenters. The standard InChI is InChI=1S/C9H9O2S/c1-11-9(10)7-5-3-4-6-8(7)12-2/h3-6H,2H2,1H3. The van der Waals surface area contributed by atoms with Gasteiger partial charge in [0, 0.05) is 11.2 Å². The van der Waals surface area contributed by atoms with E-state index in [4.69, 9.17) is 0 Å². The Morgan fingerprint density at radius 2 is 2.17 bits per heavy atom. The van der Waals surface area contributed by atoms with Crippen molar-refractivity contribution in [2.24, 2.45) is 0 Å². The monoisotopic (exact) mass is 181 g/mol. The van der Waals surface area contributed by atoms with Gasteiger partial charge in [-0.2, -0.15) is 0 Å². The van der Waals surface area contributed by atoms with E-state index in [0.29, 0.717) is 5.56 Å². The van der Waals surface area contributed by atoms with Crippen molar-refractivity contribution in [1.82, 2.24) is 0 Å². The van der Waals surface area contributed by atoms with Gasteiger partial charge in [0.05, 0.1) is 12.7 Å². The van der Waals surface area contributed by atoms with Crippen molar-refractivity contribution in [3.63, 3.8) is 0 Å². The van der Waals surface area contributed by atoms with Crippen molar-refractivity contribution in [2.45, 2.75) is 4.90 Å². The second-order valence-corrected chi connectivity index (χ2v) is 2.86. The predicted octanol–water partition coefficient (Wildman–Crippen LogP) is 2.36. The number of carbonyl (C=O) groups excluding carboxylic acids is 1. The third kappa shape index (κ3) is 1.80. The van der Waals surface area contributed by atoms with Crippen LogP contribution in [-0.2, 0) is 4.74 Å². The number of carbonyl (C=O) groups is 1. The van der Waals surface area contributed by atoms with Crippen LogP contribution in [0.4, 0.5) is 0 Å². The van der Waals surface area contributed by atoms with Crippen LogP contribution in [0.2, 0.25) is 0 Å². The first kappa shape index (κ1) is 9.13. The first-order chi connectivity index (χ1) is 5.79. The molecule has 0 fully saturated rings. The lowest BCUT2D eigenvalue weighted by molar-refractivity contribution is 0.0597. The molecule has 0 atom stereocenters. The summed E-state index contributed by atoms with van der Waals surface area (Å²) in [6.07, 6.45) is 3.64. The van der Waals surface area contributed by atoms with Crippen LogP contribution in [0.5, 0.6) is 0 Å². The number of hydrogen-bond donors (Lipinski definition) is 0. The first-order valence-electron chi connectivity index (χ1n) is 3.39. The topological polar surface area (TPSA) is 26.3 Å². The Kier molecular flexibility index (Phi) is 3.17. The highest BCUT2D eigenvalue weighted by Gasteiger charge is 2.08. The van der Waals surface area contributed by atoms with E-state index in [1.807, 2.05) is 12.1 Å². The van der Waals surface area contributed by atoms with Crippen LogP contribution in [-0.4, -0.2) is 13.1 Å². The molecule has 1 rings (SSSR count). The van der Waals surface area contributed by atoms with Gasteiger partial charge in [-0.1, -0.05) is 12.1 Å². The Bertz CT molecular complexity index is 284. The van der Waals surface area contributed by atoms with Gasteiger partial charge in [0.15, 0.2) is 0 Å². The zero-order chi connectivity index (χ0) is 8.97. The zero-order valence-electron chi connectivity index (χ0n) is 6.74. The molecular weight excluding hydrogens is 172 g/mol. The number of esters is 1. The van der Waals surface area contributed by atoms with E-state index in [1.165, 1.54) is 18.9 Å². The first-order valence-corrected chi connectivity index (χ1v) is 4.37. The summed E-state index contributed by atoms with van der Waals surface area (Å²) in [5.41, 5.74) is 0.569. The number of ether oxygens (including phenoxy) is 1. The highest BCUT2D eigenvalue weighted by molar-refractivity contribution is 8.00. The van der Waals surface area contributed by atoms with Gasteiger partial charge in [-0.3, -0.25) is 0 Å². The number of rotatable bonds is 2. The van der Waals surface area contributed by atoms with E-state index in [1.54, 1.807) is 12.1 Å². The van der Waals surface area contributed by atoms with Crippen LogP contribution in [0.3, 0.4) is 0 Å². The van der Waals surface area contributed by atoms with Crippen LogP contribution >= 0.6 is 11.8 Å². The summed E-state index contributed by atoms with van der Waals surface area (Å²) in [5.74, 6) is -0.318. The number of benzene rings is 1. The van der Waals surface area contributed by atoms with Crippen LogP contribution in [0.15, 0.2) is 29.2 Å². The van der Waals surface area contributed by atoms with Crippen LogP contribution in [0.25, 0.3) is 0 Å². The summed E-state index contributed by atoms with van der Waals surface area (Å²) >= 11 is 1.29. The smallest absolute Gasteiger partial charge is 0.338 e. The summed E-state index contributed by atoms with van der Waals surface area (Å²) in [4.78, 5) is 12.0. The highest BCUT2D eigenvalue weighted by atomic mass is 32.2. The van der Waals surface area contributed by atoms with E-state index in [0.717, 1.165) is 4.90 Å². The molecule has 0 aliphatic heterocycles. The largest absolute Gasteiger partial charge is 0.465 e. The molecule has 0 aliphatic rings. The van der Waals surface area contributed by atoms with Gasteiger partial charge in [0.1, 0.15) is 0 Å². The molecule has 1 aromatic carbocycles. The Morgan fingerprint density at radius 3 is 2.75 bits per heavy atom. The minimum atomic E-state index is -0.318. The zero-order valence-corrected chi connectivity index (χ0v) is 7.56. The Labute approximate surface area is 75.9 Å². The highest BCUT2D eigenvalue weighted by Crippen LogP contribution is 2.21. The van der Waals surface area contributed by atoms with Crippen LogP contribution in [0, 0.1) is 6.26 Å². The van der Waals surface area contributed by atoms with E-state index in [-0.39, 0.29) is 5.97 Å². The molecule has 0 saturated heterocycles. The molecule has 0 bridgehead atoms. The molecule has 2 nitrogen and oxygen atoms in total. The van der Waals surface area contributed by atoms with Gasteiger partial charge >= 0.3 is 5.97 Å². The van der Waals surface area contributed by atoms with Crippen molar-refractivity contribution in [1.29, 1.82) is 0 Å². The maximum atomic E-state index is 11.1. The van der Waals surface area contributed by atoms with Gasteiger partial charge in [-0.25, -0.2) is 4.79 Å². The Hall–Kier alpha value is -0.960. The lowest BCUT2D eigenvalue weighted by atomic mass is 10.2. The number of thioether (sulfide) groups is 1. The summed E-state index contributed by atoms with van der Waals surface area (Å²) in [7, 11) is 1.37. The normalized spacial score (nSPS) is 9.50. The molecule has 0 aromatic heterocycles. The molecule has 12 heavy (non-hydrogen) atoms. The Balaban J connectivity index is 3.04. The van der Waals surface area contributed by atoms with E-state index < -0.39 is 0 Å². The van der Waals surface area contributed by atoms with Gasteiger partial charge in [-0.15, -0.1) is 11.8 Å². The Morgan fingerprint density at radius 1 is 1.50 bits per heavy atom. The maximum Gasteiger partial charge on any atom is 0.338 e. The molecule has 63 valence electrons. The molecule has 0 spiro atoms. The fourth-order valence-electron chi connectivity index (χ4n) is 0.871. The summed E-state index contributed by atoms with van der Waals surface area (Å²) in [6, 6.07) is 7.22. The molecule has 3 heteroatoms. The van der Waals surface area contributed by atoms with Gasteiger partial charge in [-0.05, 0) is 12.1 Å².